The van der Waals surface area contributed by atoms with Gasteiger partial charge in [-0.2, -0.15) is 0 Å². The summed E-state index contributed by atoms with van der Waals surface area (Å²) < 4.78 is 5.89. The Morgan fingerprint density at radius 1 is 1.15 bits per heavy atom. The molecular formula is C12H16O. The van der Waals surface area contributed by atoms with E-state index in [0.29, 0.717) is 6.10 Å². The molecule has 0 bridgehead atoms. The van der Waals surface area contributed by atoms with E-state index in [1.54, 1.807) is 0 Å². The van der Waals surface area contributed by atoms with Gasteiger partial charge in [0.05, 0.1) is 0 Å². The fourth-order valence-corrected chi connectivity index (χ4v) is 1.96. The molecule has 2 unspecified atom stereocenters. The molecule has 1 nitrogen and oxygen atoms in total. The average Bonchev–Trinajstić information content (AvgIpc) is 2.54. The highest BCUT2D eigenvalue weighted by Crippen LogP contribution is 2.28. The number of para-hydroxylation sites is 1. The Morgan fingerprint density at radius 3 is 2.54 bits per heavy atom. The van der Waals surface area contributed by atoms with Crippen LogP contribution >= 0.6 is 0 Å². The van der Waals surface area contributed by atoms with Crippen LogP contribution in [0.4, 0.5) is 0 Å². The van der Waals surface area contributed by atoms with Gasteiger partial charge in [0.25, 0.3) is 0 Å². The average molecular weight is 176 g/mol. The van der Waals surface area contributed by atoms with Gasteiger partial charge in [-0.1, -0.05) is 25.1 Å². The summed E-state index contributed by atoms with van der Waals surface area (Å²) in [6.45, 7) is 2.28. The number of ether oxygens (including phenoxy) is 1. The molecule has 1 aliphatic rings. The zero-order valence-corrected chi connectivity index (χ0v) is 8.07. The molecule has 0 amide bonds. The van der Waals surface area contributed by atoms with Crippen LogP contribution in [0, 0.1) is 5.92 Å². The van der Waals surface area contributed by atoms with Crippen molar-refractivity contribution in [1.82, 2.24) is 0 Å². The summed E-state index contributed by atoms with van der Waals surface area (Å²) in [6.07, 6.45) is 4.30. The second kappa shape index (κ2) is 3.82. The van der Waals surface area contributed by atoms with Gasteiger partial charge in [-0.25, -0.2) is 0 Å². The molecule has 0 heterocycles. The van der Waals surface area contributed by atoms with Crippen LogP contribution in [0.1, 0.15) is 26.2 Å². The minimum Gasteiger partial charge on any atom is -0.490 e. The Morgan fingerprint density at radius 2 is 1.92 bits per heavy atom. The van der Waals surface area contributed by atoms with E-state index in [1.165, 1.54) is 19.3 Å². The van der Waals surface area contributed by atoms with Crippen LogP contribution < -0.4 is 4.74 Å². The molecule has 1 fully saturated rings. The topological polar surface area (TPSA) is 9.23 Å². The van der Waals surface area contributed by atoms with Crippen LogP contribution in [0.5, 0.6) is 5.75 Å². The molecule has 0 aliphatic heterocycles. The van der Waals surface area contributed by atoms with Crippen molar-refractivity contribution >= 4 is 0 Å². The molecule has 1 aromatic carbocycles. The van der Waals surface area contributed by atoms with Crippen LogP contribution in [-0.4, -0.2) is 6.10 Å². The third-order valence-corrected chi connectivity index (χ3v) is 2.81. The molecule has 0 radical (unpaired) electrons. The molecule has 2 atom stereocenters. The fraction of sp³-hybridized carbons (Fsp3) is 0.500. The van der Waals surface area contributed by atoms with Gasteiger partial charge in [-0.05, 0) is 37.3 Å². The van der Waals surface area contributed by atoms with Crippen molar-refractivity contribution in [3.8, 4) is 5.75 Å². The van der Waals surface area contributed by atoms with Crippen molar-refractivity contribution in [3.63, 3.8) is 0 Å². The number of rotatable bonds is 2. The van der Waals surface area contributed by atoms with Crippen LogP contribution in [0.15, 0.2) is 30.3 Å². The van der Waals surface area contributed by atoms with Crippen LogP contribution in [0.3, 0.4) is 0 Å². The van der Waals surface area contributed by atoms with Crippen molar-refractivity contribution in [3.05, 3.63) is 30.3 Å². The lowest BCUT2D eigenvalue weighted by molar-refractivity contribution is 0.167. The van der Waals surface area contributed by atoms with E-state index in [1.807, 2.05) is 30.3 Å². The van der Waals surface area contributed by atoms with E-state index < -0.39 is 0 Å². The van der Waals surface area contributed by atoms with E-state index in [4.69, 9.17) is 4.74 Å². The van der Waals surface area contributed by atoms with Crippen molar-refractivity contribution in [2.45, 2.75) is 32.3 Å². The van der Waals surface area contributed by atoms with Gasteiger partial charge in [0.1, 0.15) is 11.9 Å². The fourth-order valence-electron chi connectivity index (χ4n) is 1.96. The number of hydrogen-bond acceptors (Lipinski definition) is 1. The van der Waals surface area contributed by atoms with Crippen molar-refractivity contribution in [1.29, 1.82) is 0 Å². The smallest absolute Gasteiger partial charge is 0.119 e. The van der Waals surface area contributed by atoms with Crippen LogP contribution in [-0.2, 0) is 0 Å². The van der Waals surface area contributed by atoms with Crippen molar-refractivity contribution in [2.24, 2.45) is 5.92 Å². The lowest BCUT2D eigenvalue weighted by atomic mass is 10.1. The summed E-state index contributed by atoms with van der Waals surface area (Å²) in [5.41, 5.74) is 0. The molecule has 1 saturated carbocycles. The maximum absolute atomic E-state index is 5.89. The first-order chi connectivity index (χ1) is 6.36. The Hall–Kier alpha value is -0.980. The minimum atomic E-state index is 0.447. The van der Waals surface area contributed by atoms with E-state index >= 15 is 0 Å². The predicted molar refractivity (Wildman–Crippen MR) is 53.9 cm³/mol. The third kappa shape index (κ3) is 2.03. The van der Waals surface area contributed by atoms with Crippen molar-refractivity contribution < 1.29 is 4.74 Å². The lowest BCUT2D eigenvalue weighted by Crippen LogP contribution is -2.18. The third-order valence-electron chi connectivity index (χ3n) is 2.81. The van der Waals surface area contributed by atoms with E-state index in [2.05, 4.69) is 6.92 Å². The zero-order valence-electron chi connectivity index (χ0n) is 8.07. The lowest BCUT2D eigenvalue weighted by Gasteiger charge is -2.17. The molecule has 0 N–H and O–H groups in total. The summed E-state index contributed by atoms with van der Waals surface area (Å²) >= 11 is 0. The summed E-state index contributed by atoms with van der Waals surface area (Å²) in [7, 11) is 0. The first-order valence-corrected chi connectivity index (χ1v) is 5.08. The molecular weight excluding hydrogens is 160 g/mol. The zero-order chi connectivity index (χ0) is 9.10. The highest BCUT2D eigenvalue weighted by Gasteiger charge is 2.24. The molecule has 1 aromatic rings. The molecule has 13 heavy (non-hydrogen) atoms. The standard InChI is InChI=1S/C12H16O/c1-10-6-5-9-12(10)13-11-7-3-2-4-8-11/h2-4,7-8,10,12H,5-6,9H2,1H3. The molecule has 0 aromatic heterocycles. The molecule has 1 heteroatoms. The highest BCUT2D eigenvalue weighted by molar-refractivity contribution is 5.21. The predicted octanol–water partition coefficient (Wildman–Crippen LogP) is 3.25. The molecule has 0 spiro atoms. The SMILES string of the molecule is CC1CCCC1Oc1ccccc1. The largest absolute Gasteiger partial charge is 0.490 e. The maximum atomic E-state index is 5.89. The maximum Gasteiger partial charge on any atom is 0.119 e. The summed E-state index contributed by atoms with van der Waals surface area (Å²) in [5.74, 6) is 1.74. The van der Waals surface area contributed by atoms with Gasteiger partial charge in [-0.3, -0.25) is 0 Å². The summed E-state index contributed by atoms with van der Waals surface area (Å²) in [5, 5.41) is 0. The monoisotopic (exact) mass is 176 g/mol. The first kappa shape index (κ1) is 8.61. The second-order valence-electron chi connectivity index (χ2n) is 3.88. The van der Waals surface area contributed by atoms with Gasteiger partial charge in [0.15, 0.2) is 0 Å². The van der Waals surface area contributed by atoms with E-state index in [-0.39, 0.29) is 0 Å². The summed E-state index contributed by atoms with van der Waals surface area (Å²) in [4.78, 5) is 0. The second-order valence-corrected chi connectivity index (χ2v) is 3.88. The molecule has 70 valence electrons. The Balaban J connectivity index is 1.98. The Labute approximate surface area is 79.7 Å². The molecule has 1 aliphatic carbocycles. The van der Waals surface area contributed by atoms with Gasteiger partial charge in [0, 0.05) is 0 Å². The van der Waals surface area contributed by atoms with Crippen molar-refractivity contribution in [2.75, 3.05) is 0 Å². The number of hydrogen-bond donors (Lipinski definition) is 0. The Kier molecular flexibility index (Phi) is 2.53. The van der Waals surface area contributed by atoms with Gasteiger partial charge >= 0.3 is 0 Å². The molecule has 2 rings (SSSR count). The minimum absolute atomic E-state index is 0.447. The van der Waals surface area contributed by atoms with Gasteiger partial charge in [0.2, 0.25) is 0 Å². The van der Waals surface area contributed by atoms with Crippen LogP contribution in [0.25, 0.3) is 0 Å². The first-order valence-electron chi connectivity index (χ1n) is 5.08. The number of benzene rings is 1. The quantitative estimate of drug-likeness (QED) is 0.672. The summed E-state index contributed by atoms with van der Waals surface area (Å²) in [6, 6.07) is 10.1. The van der Waals surface area contributed by atoms with Gasteiger partial charge < -0.3 is 4.74 Å². The van der Waals surface area contributed by atoms with Gasteiger partial charge in [-0.15, -0.1) is 0 Å². The molecule has 0 saturated heterocycles. The Bertz CT molecular complexity index is 255. The van der Waals surface area contributed by atoms with Crippen LogP contribution in [0.2, 0.25) is 0 Å². The normalized spacial score (nSPS) is 27.5. The van der Waals surface area contributed by atoms with E-state index in [9.17, 15) is 0 Å². The van der Waals surface area contributed by atoms with E-state index in [0.717, 1.165) is 11.7 Å². The highest BCUT2D eigenvalue weighted by atomic mass is 16.5.